The first-order valence-corrected chi connectivity index (χ1v) is 20.2. The summed E-state index contributed by atoms with van der Waals surface area (Å²) in [5.74, 6) is -0.872. The normalized spacial score (nSPS) is 22.0. The highest BCUT2D eigenvalue weighted by molar-refractivity contribution is 7.10. The maximum atomic E-state index is 13.8. The summed E-state index contributed by atoms with van der Waals surface area (Å²) in [6.07, 6.45) is 7.49. The first-order chi connectivity index (χ1) is 25.6. The lowest BCUT2D eigenvalue weighted by atomic mass is 9.92. The third-order valence-corrected chi connectivity index (χ3v) is 11.5. The second-order valence-electron chi connectivity index (χ2n) is 14.3. The van der Waals surface area contributed by atoms with E-state index in [-0.39, 0.29) is 83.6 Å². The van der Waals surface area contributed by atoms with Gasteiger partial charge in [-0.15, -0.1) is 40.2 Å². The van der Waals surface area contributed by atoms with E-state index in [1.54, 1.807) is 26.5 Å². The third kappa shape index (κ3) is 10.9. The summed E-state index contributed by atoms with van der Waals surface area (Å²) in [6, 6.07) is 9.25. The van der Waals surface area contributed by atoms with Gasteiger partial charge in [0.25, 0.3) is 17.7 Å². The van der Waals surface area contributed by atoms with Crippen LogP contribution in [0.25, 0.3) is 0 Å². The summed E-state index contributed by atoms with van der Waals surface area (Å²) in [5.41, 5.74) is 7.85. The highest BCUT2D eigenvalue weighted by Gasteiger charge is 2.27. The molecule has 4 amide bonds. The molecule has 290 valence electrons. The Kier molecular flexibility index (Phi) is 14.7. The lowest BCUT2D eigenvalue weighted by Crippen LogP contribution is -2.36. The number of nitrogens with one attached hydrogen (secondary N) is 3. The molecule has 4 heterocycles. The van der Waals surface area contributed by atoms with Crippen LogP contribution in [0.3, 0.4) is 0 Å². The Morgan fingerprint density at radius 3 is 2.28 bits per heavy atom. The average molecular weight is 797 g/mol. The number of halogens is 1. The zero-order chi connectivity index (χ0) is 37.3. The van der Waals surface area contributed by atoms with E-state index < -0.39 is 6.04 Å². The summed E-state index contributed by atoms with van der Waals surface area (Å²) >= 11 is 2.64. The Balaban J connectivity index is 0.00000561. The Labute approximate surface area is 329 Å². The SMILES string of the molecule is CC(C)C[C@@H]1NC(=O)CCCN(C(=O)c2cn(C3CCC(N)CC3)nn2)CCCNC(=O)c2csc(n2)[C@H](Cc2ccccc2)NC(=O)c2csc1n2.Cl. The zero-order valence-electron chi connectivity index (χ0n) is 30.6. The van der Waals surface area contributed by atoms with Crippen LogP contribution in [-0.2, 0) is 11.2 Å². The van der Waals surface area contributed by atoms with Crippen molar-refractivity contribution >= 4 is 58.7 Å². The Morgan fingerprint density at radius 1 is 0.907 bits per heavy atom. The second kappa shape index (κ2) is 19.4. The minimum absolute atomic E-state index is 0. The van der Waals surface area contributed by atoms with Gasteiger partial charge in [-0.3, -0.25) is 19.2 Å². The van der Waals surface area contributed by atoms with Crippen LogP contribution in [0.5, 0.6) is 0 Å². The lowest BCUT2D eigenvalue weighted by molar-refractivity contribution is -0.122. The van der Waals surface area contributed by atoms with Crippen molar-refractivity contribution in [1.29, 1.82) is 0 Å². The third-order valence-electron chi connectivity index (χ3n) is 9.59. The van der Waals surface area contributed by atoms with E-state index in [0.29, 0.717) is 55.3 Å². The summed E-state index contributed by atoms with van der Waals surface area (Å²) in [5, 5.41) is 22.3. The molecule has 3 aromatic heterocycles. The van der Waals surface area contributed by atoms with Crippen LogP contribution in [-0.4, -0.2) is 79.2 Å². The van der Waals surface area contributed by atoms with Gasteiger partial charge in [-0.05, 0) is 62.8 Å². The smallest absolute Gasteiger partial charge is 0.276 e. The van der Waals surface area contributed by atoms with Crippen LogP contribution in [0, 0.1) is 5.92 Å². The average Bonchev–Trinajstić information content (AvgIpc) is 3.94. The van der Waals surface area contributed by atoms with Crippen LogP contribution in [0.4, 0.5) is 0 Å². The van der Waals surface area contributed by atoms with Crippen LogP contribution >= 0.6 is 35.1 Å². The highest BCUT2D eigenvalue weighted by atomic mass is 35.5. The predicted octanol–water partition coefficient (Wildman–Crippen LogP) is 5.03. The van der Waals surface area contributed by atoms with Gasteiger partial charge in [0.2, 0.25) is 5.91 Å². The molecule has 17 heteroatoms. The monoisotopic (exact) mass is 796 g/mol. The molecule has 1 aromatic carbocycles. The number of carbonyl (C=O) groups is 4. The predicted molar refractivity (Wildman–Crippen MR) is 210 cm³/mol. The molecular formula is C37H49ClN10O4S2. The second-order valence-corrected chi connectivity index (χ2v) is 16.0. The van der Waals surface area contributed by atoms with Gasteiger partial charge in [0.1, 0.15) is 21.4 Å². The topological polar surface area (TPSA) is 190 Å². The molecule has 0 unspecified atom stereocenters. The molecule has 14 nitrogen and oxygen atoms in total. The van der Waals surface area contributed by atoms with Gasteiger partial charge in [-0.1, -0.05) is 49.4 Å². The van der Waals surface area contributed by atoms with Crippen LogP contribution in [0.1, 0.15) is 130 Å². The van der Waals surface area contributed by atoms with Crippen molar-refractivity contribution in [3.63, 3.8) is 0 Å². The number of thiazole rings is 2. The first-order valence-electron chi connectivity index (χ1n) is 18.4. The van der Waals surface area contributed by atoms with E-state index in [4.69, 9.17) is 5.73 Å². The molecule has 0 saturated heterocycles. The van der Waals surface area contributed by atoms with Gasteiger partial charge in [0, 0.05) is 42.9 Å². The molecule has 0 radical (unpaired) electrons. The maximum absolute atomic E-state index is 13.8. The standard InChI is InChI=1S/C37H48N10O4S2.ClH/c1-23(2)18-27-35-43-31(22-53-35)34(50)41-28(19-24-8-4-3-5-9-24)36-42-30(21-52-36)33(49)39-15-7-17-46(16-6-10-32(48)40-27)37(51)29-20-47(45-44-29)26-13-11-25(38)12-14-26;/h3-5,8-9,20-23,25-28H,6-7,10-19,38H2,1-2H3,(H,39,49)(H,40,48)(H,41,50);1H/t25?,26?,27-,28-;/m0./s1. The molecule has 2 atom stereocenters. The summed E-state index contributed by atoms with van der Waals surface area (Å²) in [6.45, 7) is 5.12. The van der Waals surface area contributed by atoms with Gasteiger partial charge in [-0.25, -0.2) is 14.6 Å². The lowest BCUT2D eigenvalue weighted by Gasteiger charge is -2.25. The minimum atomic E-state index is -0.505. The Bertz CT molecular complexity index is 1860. The van der Waals surface area contributed by atoms with Crippen molar-refractivity contribution in [2.45, 2.75) is 95.8 Å². The van der Waals surface area contributed by atoms with Crippen molar-refractivity contribution in [1.82, 2.24) is 45.8 Å². The number of rotatable bonds is 6. The number of amides is 4. The Morgan fingerprint density at radius 2 is 1.57 bits per heavy atom. The summed E-state index contributed by atoms with van der Waals surface area (Å²) in [4.78, 5) is 64.9. The van der Waals surface area contributed by atoms with E-state index in [1.807, 2.05) is 30.3 Å². The quantitative estimate of drug-likeness (QED) is 0.207. The van der Waals surface area contributed by atoms with Crippen molar-refractivity contribution < 1.29 is 19.2 Å². The molecular weight excluding hydrogens is 748 g/mol. The van der Waals surface area contributed by atoms with E-state index >= 15 is 0 Å². The molecule has 5 N–H and O–H groups in total. The van der Waals surface area contributed by atoms with E-state index in [1.165, 1.54) is 22.7 Å². The van der Waals surface area contributed by atoms with Crippen LogP contribution in [0.2, 0.25) is 0 Å². The van der Waals surface area contributed by atoms with E-state index in [9.17, 15) is 19.2 Å². The fraction of sp³-hybridized carbons (Fsp3) is 0.514. The summed E-state index contributed by atoms with van der Waals surface area (Å²) < 4.78 is 1.77. The number of hydrogen-bond donors (Lipinski definition) is 4. The van der Waals surface area contributed by atoms with Crippen molar-refractivity contribution in [3.05, 3.63) is 79.9 Å². The van der Waals surface area contributed by atoms with Crippen LogP contribution < -0.4 is 21.7 Å². The van der Waals surface area contributed by atoms with Crippen LogP contribution in [0.15, 0.2) is 47.3 Å². The number of benzene rings is 1. The molecule has 4 aromatic rings. The van der Waals surface area contributed by atoms with Crippen molar-refractivity contribution in [3.8, 4) is 0 Å². The fourth-order valence-corrected chi connectivity index (χ4v) is 8.45. The largest absolute Gasteiger partial charge is 0.351 e. The maximum Gasteiger partial charge on any atom is 0.276 e. The fourth-order valence-electron chi connectivity index (χ4n) is 6.73. The molecule has 6 rings (SSSR count). The van der Waals surface area contributed by atoms with Crippen molar-refractivity contribution in [2.24, 2.45) is 11.7 Å². The molecule has 0 spiro atoms. The first kappa shape index (κ1) is 40.9. The van der Waals surface area contributed by atoms with Gasteiger partial charge < -0.3 is 26.6 Å². The number of hydrogen-bond acceptors (Lipinski definition) is 11. The van der Waals surface area contributed by atoms with Gasteiger partial charge in [-0.2, -0.15) is 0 Å². The number of fused-ring (bicyclic) bond motifs is 4. The molecule has 1 aliphatic carbocycles. The molecule has 1 aliphatic heterocycles. The van der Waals surface area contributed by atoms with Gasteiger partial charge in [0.05, 0.1) is 24.3 Å². The van der Waals surface area contributed by atoms with E-state index in [2.05, 4.69) is 50.1 Å². The van der Waals surface area contributed by atoms with Gasteiger partial charge >= 0.3 is 0 Å². The molecule has 2 aliphatic rings. The number of nitrogens with two attached hydrogens (primary N) is 1. The zero-order valence-corrected chi connectivity index (χ0v) is 33.1. The minimum Gasteiger partial charge on any atom is -0.351 e. The molecule has 1 saturated carbocycles. The number of nitrogens with zero attached hydrogens (tertiary/aromatic N) is 6. The molecule has 4 bridgehead atoms. The molecule has 54 heavy (non-hydrogen) atoms. The number of aromatic nitrogens is 5. The number of carbonyl (C=O) groups excluding carboxylic acids is 4. The summed E-state index contributed by atoms with van der Waals surface area (Å²) in [7, 11) is 0. The Hall–Kier alpha value is -4.25. The van der Waals surface area contributed by atoms with Crippen molar-refractivity contribution in [2.75, 3.05) is 19.6 Å². The van der Waals surface area contributed by atoms with Gasteiger partial charge in [0.15, 0.2) is 5.69 Å². The molecule has 1 fully saturated rings. The highest BCUT2D eigenvalue weighted by Crippen LogP contribution is 2.28. The van der Waals surface area contributed by atoms with E-state index in [0.717, 1.165) is 31.2 Å².